The van der Waals surface area contributed by atoms with E-state index < -0.39 is 23.1 Å². The first-order chi connectivity index (χ1) is 12.9. The highest BCUT2D eigenvalue weighted by Crippen LogP contribution is 2.28. The normalized spacial score (nSPS) is 16.0. The Kier molecular flexibility index (Phi) is 5.97. The molecular formula is C20H21ClF2N2O2. The summed E-state index contributed by atoms with van der Waals surface area (Å²) in [6, 6.07) is 7.80. The summed E-state index contributed by atoms with van der Waals surface area (Å²) in [6.45, 7) is 0.159. The van der Waals surface area contributed by atoms with Crippen molar-refractivity contribution in [1.29, 1.82) is 0 Å². The van der Waals surface area contributed by atoms with E-state index >= 15 is 0 Å². The standard InChI is InChI=1S/C20H21ClF2N2O2/c21-16-6-5-14(25-18-7-4-13(22)10-17(18)23)11-15(16)19(26)24-12-20(27)8-2-1-3-9-20/h4-7,10-11,25,27H,1-3,8-9,12H2,(H,24,26). The summed E-state index contributed by atoms with van der Waals surface area (Å²) >= 11 is 6.13. The highest BCUT2D eigenvalue weighted by atomic mass is 35.5. The van der Waals surface area contributed by atoms with Gasteiger partial charge in [-0.1, -0.05) is 30.9 Å². The van der Waals surface area contributed by atoms with Crippen molar-refractivity contribution < 1.29 is 18.7 Å². The van der Waals surface area contributed by atoms with E-state index in [1.807, 2.05) is 0 Å². The minimum atomic E-state index is -0.881. The number of carbonyl (C=O) groups excluding carboxylic acids is 1. The lowest BCUT2D eigenvalue weighted by atomic mass is 9.85. The van der Waals surface area contributed by atoms with Gasteiger partial charge in [0.15, 0.2) is 0 Å². The summed E-state index contributed by atoms with van der Waals surface area (Å²) in [5.41, 5.74) is -0.148. The molecule has 0 spiro atoms. The number of aliphatic hydroxyl groups is 1. The molecule has 1 aliphatic rings. The van der Waals surface area contributed by atoms with Crippen LogP contribution in [-0.2, 0) is 0 Å². The molecule has 1 amide bonds. The maximum Gasteiger partial charge on any atom is 0.252 e. The molecule has 3 rings (SSSR count). The average molecular weight is 395 g/mol. The Morgan fingerprint density at radius 2 is 1.85 bits per heavy atom. The van der Waals surface area contributed by atoms with Crippen LogP contribution in [0.15, 0.2) is 36.4 Å². The minimum absolute atomic E-state index is 0.0848. The molecule has 27 heavy (non-hydrogen) atoms. The molecule has 0 atom stereocenters. The lowest BCUT2D eigenvalue weighted by molar-refractivity contribution is 0.00526. The SMILES string of the molecule is O=C(NCC1(O)CCCCC1)c1cc(Nc2ccc(F)cc2F)ccc1Cl. The van der Waals surface area contributed by atoms with Gasteiger partial charge in [0.25, 0.3) is 5.91 Å². The van der Waals surface area contributed by atoms with Crippen LogP contribution in [0.25, 0.3) is 0 Å². The van der Waals surface area contributed by atoms with Crippen LogP contribution in [-0.4, -0.2) is 23.2 Å². The van der Waals surface area contributed by atoms with E-state index in [2.05, 4.69) is 10.6 Å². The third-order valence-corrected chi connectivity index (χ3v) is 5.11. The van der Waals surface area contributed by atoms with Crippen LogP contribution in [0.4, 0.5) is 20.2 Å². The molecule has 0 saturated heterocycles. The molecule has 3 N–H and O–H groups in total. The molecule has 0 aromatic heterocycles. The zero-order valence-electron chi connectivity index (χ0n) is 14.7. The number of halogens is 3. The number of amides is 1. The number of carbonyl (C=O) groups is 1. The predicted octanol–water partition coefficient (Wildman–Crippen LogP) is 4.79. The van der Waals surface area contributed by atoms with E-state index in [1.54, 1.807) is 6.07 Å². The Labute approximate surface area is 161 Å². The van der Waals surface area contributed by atoms with E-state index in [0.717, 1.165) is 31.4 Å². The Balaban J connectivity index is 1.71. The third-order valence-electron chi connectivity index (χ3n) is 4.78. The van der Waals surface area contributed by atoms with Gasteiger partial charge in [0.2, 0.25) is 0 Å². The molecule has 2 aromatic rings. The Morgan fingerprint density at radius 1 is 1.11 bits per heavy atom. The first-order valence-corrected chi connectivity index (χ1v) is 9.26. The number of hydrogen-bond donors (Lipinski definition) is 3. The van der Waals surface area contributed by atoms with Crippen LogP contribution in [0.1, 0.15) is 42.5 Å². The van der Waals surface area contributed by atoms with E-state index in [-0.39, 0.29) is 22.8 Å². The fraction of sp³-hybridized carbons (Fsp3) is 0.350. The summed E-state index contributed by atoms with van der Waals surface area (Å²) in [4.78, 5) is 12.5. The first-order valence-electron chi connectivity index (χ1n) is 8.88. The molecule has 0 aliphatic heterocycles. The van der Waals surface area contributed by atoms with E-state index in [0.29, 0.717) is 18.5 Å². The number of hydrogen-bond acceptors (Lipinski definition) is 3. The zero-order chi connectivity index (χ0) is 19.4. The highest BCUT2D eigenvalue weighted by molar-refractivity contribution is 6.34. The van der Waals surface area contributed by atoms with Gasteiger partial charge in [-0.15, -0.1) is 0 Å². The molecule has 7 heteroatoms. The lowest BCUT2D eigenvalue weighted by Gasteiger charge is -2.32. The maximum absolute atomic E-state index is 13.8. The Morgan fingerprint density at radius 3 is 2.56 bits per heavy atom. The molecule has 1 aliphatic carbocycles. The number of benzene rings is 2. The van der Waals surface area contributed by atoms with Crippen LogP contribution in [0.5, 0.6) is 0 Å². The van der Waals surface area contributed by atoms with E-state index in [1.165, 1.54) is 18.2 Å². The first kappa shape index (κ1) is 19.6. The Hall–Kier alpha value is -2.18. The van der Waals surface area contributed by atoms with Crippen molar-refractivity contribution >= 4 is 28.9 Å². The summed E-state index contributed by atoms with van der Waals surface area (Å²) < 4.78 is 26.8. The molecule has 0 unspecified atom stereocenters. The number of anilines is 2. The van der Waals surface area contributed by atoms with E-state index in [9.17, 15) is 18.7 Å². The summed E-state index contributed by atoms with van der Waals surface area (Å²) in [7, 11) is 0. The molecule has 0 heterocycles. The van der Waals surface area contributed by atoms with Crippen molar-refractivity contribution in [2.75, 3.05) is 11.9 Å². The second kappa shape index (κ2) is 8.23. The highest BCUT2D eigenvalue weighted by Gasteiger charge is 2.29. The number of rotatable bonds is 5. The average Bonchev–Trinajstić information content (AvgIpc) is 2.64. The van der Waals surface area contributed by atoms with Crippen molar-refractivity contribution in [2.45, 2.75) is 37.7 Å². The van der Waals surface area contributed by atoms with Crippen LogP contribution < -0.4 is 10.6 Å². The molecular weight excluding hydrogens is 374 g/mol. The second-order valence-electron chi connectivity index (χ2n) is 6.91. The third kappa shape index (κ3) is 4.96. The predicted molar refractivity (Wildman–Crippen MR) is 101 cm³/mol. The topological polar surface area (TPSA) is 61.4 Å². The number of nitrogens with one attached hydrogen (secondary N) is 2. The second-order valence-corrected chi connectivity index (χ2v) is 7.32. The van der Waals surface area contributed by atoms with Crippen LogP contribution >= 0.6 is 11.6 Å². The Bertz CT molecular complexity index is 839. The lowest BCUT2D eigenvalue weighted by Crippen LogP contribution is -2.44. The van der Waals surface area contributed by atoms with Crippen molar-refractivity contribution in [3.63, 3.8) is 0 Å². The van der Waals surface area contributed by atoms with Crippen molar-refractivity contribution in [2.24, 2.45) is 0 Å². The van der Waals surface area contributed by atoms with Gasteiger partial charge in [0, 0.05) is 18.3 Å². The van der Waals surface area contributed by atoms with Gasteiger partial charge in [-0.2, -0.15) is 0 Å². The monoisotopic (exact) mass is 394 g/mol. The summed E-state index contributed by atoms with van der Waals surface area (Å²) in [5, 5.41) is 16.3. The van der Waals surface area contributed by atoms with Gasteiger partial charge in [0.1, 0.15) is 11.6 Å². The van der Waals surface area contributed by atoms with Gasteiger partial charge in [-0.05, 0) is 43.2 Å². The van der Waals surface area contributed by atoms with E-state index in [4.69, 9.17) is 11.6 Å². The van der Waals surface area contributed by atoms with Crippen molar-refractivity contribution in [3.8, 4) is 0 Å². The molecule has 1 fully saturated rings. The smallest absolute Gasteiger partial charge is 0.252 e. The van der Waals surface area contributed by atoms with Gasteiger partial charge in [0.05, 0.1) is 21.9 Å². The van der Waals surface area contributed by atoms with Crippen molar-refractivity contribution in [1.82, 2.24) is 5.32 Å². The zero-order valence-corrected chi connectivity index (χ0v) is 15.5. The molecule has 4 nitrogen and oxygen atoms in total. The molecule has 0 bridgehead atoms. The minimum Gasteiger partial charge on any atom is -0.388 e. The maximum atomic E-state index is 13.8. The van der Waals surface area contributed by atoms with Crippen molar-refractivity contribution in [3.05, 3.63) is 58.6 Å². The quantitative estimate of drug-likeness (QED) is 0.683. The summed E-state index contributed by atoms with van der Waals surface area (Å²) in [6.07, 6.45) is 4.29. The van der Waals surface area contributed by atoms with Crippen LogP contribution in [0.2, 0.25) is 5.02 Å². The molecule has 2 aromatic carbocycles. The van der Waals surface area contributed by atoms with Gasteiger partial charge in [-0.25, -0.2) is 8.78 Å². The fourth-order valence-electron chi connectivity index (χ4n) is 3.25. The van der Waals surface area contributed by atoms with Gasteiger partial charge < -0.3 is 15.7 Å². The van der Waals surface area contributed by atoms with Gasteiger partial charge in [-0.3, -0.25) is 4.79 Å². The molecule has 144 valence electrons. The largest absolute Gasteiger partial charge is 0.388 e. The fourth-order valence-corrected chi connectivity index (χ4v) is 3.45. The molecule has 0 radical (unpaired) electrons. The summed E-state index contributed by atoms with van der Waals surface area (Å²) in [5.74, 6) is -1.83. The van der Waals surface area contributed by atoms with Gasteiger partial charge >= 0.3 is 0 Å². The van der Waals surface area contributed by atoms with Crippen LogP contribution in [0, 0.1) is 11.6 Å². The molecule has 1 saturated carbocycles. The van der Waals surface area contributed by atoms with Crippen LogP contribution in [0.3, 0.4) is 0 Å².